The molecule has 0 spiro atoms. The minimum absolute atomic E-state index is 0.0153. The predicted octanol–water partition coefficient (Wildman–Crippen LogP) is 4.04. The molecule has 0 bridgehead atoms. The molecule has 1 saturated heterocycles. The van der Waals surface area contributed by atoms with Gasteiger partial charge in [0.2, 0.25) is 21.8 Å². The highest BCUT2D eigenvalue weighted by Gasteiger charge is 2.36. The van der Waals surface area contributed by atoms with Crippen LogP contribution in [0.1, 0.15) is 36.5 Å². The molecule has 0 unspecified atom stereocenters. The lowest BCUT2D eigenvalue weighted by Gasteiger charge is -2.33. The third-order valence-electron chi connectivity index (χ3n) is 6.89. The monoisotopic (exact) mass is 547 g/mol. The zero-order valence-corrected chi connectivity index (χ0v) is 22.4. The molecular formula is C25H30BrN3O4S. The van der Waals surface area contributed by atoms with Crippen molar-refractivity contribution >= 4 is 49.1 Å². The zero-order chi connectivity index (χ0) is 24.8. The average molecular weight is 549 g/mol. The highest BCUT2D eigenvalue weighted by atomic mass is 79.9. The highest BCUT2D eigenvalue weighted by molar-refractivity contribution is 9.10. The van der Waals surface area contributed by atoms with Crippen LogP contribution in [0.3, 0.4) is 0 Å². The van der Waals surface area contributed by atoms with Crippen molar-refractivity contribution in [2.24, 2.45) is 5.92 Å². The number of sulfonamides is 1. The van der Waals surface area contributed by atoms with Gasteiger partial charge in [-0.25, -0.2) is 8.42 Å². The molecule has 2 heterocycles. The number of fused-ring (bicyclic) bond motifs is 1. The Morgan fingerprint density at radius 1 is 1.06 bits per heavy atom. The second-order valence-corrected chi connectivity index (χ2v) is 12.0. The summed E-state index contributed by atoms with van der Waals surface area (Å²) in [5, 5.41) is 0. The molecule has 2 aromatic carbocycles. The molecule has 0 N–H and O–H groups in total. The van der Waals surface area contributed by atoms with Crippen LogP contribution < -0.4 is 9.80 Å². The summed E-state index contributed by atoms with van der Waals surface area (Å²) >= 11 is 3.43. The van der Waals surface area contributed by atoms with Crippen LogP contribution in [0, 0.1) is 19.8 Å². The van der Waals surface area contributed by atoms with Gasteiger partial charge in [0.25, 0.3) is 0 Å². The van der Waals surface area contributed by atoms with Gasteiger partial charge < -0.3 is 9.80 Å². The first-order valence-corrected chi connectivity index (χ1v) is 13.7. The summed E-state index contributed by atoms with van der Waals surface area (Å²) in [7, 11) is -1.99. The minimum atomic E-state index is -3.77. The molecule has 0 atom stereocenters. The van der Waals surface area contributed by atoms with Crippen molar-refractivity contribution < 1.29 is 18.0 Å². The van der Waals surface area contributed by atoms with E-state index in [1.54, 1.807) is 29.0 Å². The van der Waals surface area contributed by atoms with E-state index in [0.29, 0.717) is 36.0 Å². The SMILES string of the molecule is CC(=O)N1CCc2cc(Br)c(S(=O)(=O)N3CCC(C(=O)N(C)c4cc(C)ccc4C)CC3)cc21. The number of carbonyl (C=O) groups is 2. The van der Waals surface area contributed by atoms with Gasteiger partial charge in [-0.3, -0.25) is 9.59 Å². The molecule has 0 radical (unpaired) electrons. The lowest BCUT2D eigenvalue weighted by molar-refractivity contribution is -0.123. The number of aryl methyl sites for hydroxylation is 2. The third kappa shape index (κ3) is 4.53. The standard InChI is InChI=1S/C25H30BrN3O4S/c1-16-5-6-17(2)22(13-16)27(4)25(31)19-7-10-28(11-8-19)34(32,33)24-15-23-20(14-21(24)26)9-12-29(23)18(3)30/h5-6,13-15,19H,7-12H2,1-4H3. The van der Waals surface area contributed by atoms with Gasteiger partial charge >= 0.3 is 0 Å². The van der Waals surface area contributed by atoms with Gasteiger partial charge in [-0.2, -0.15) is 4.31 Å². The maximum absolute atomic E-state index is 13.5. The molecule has 4 rings (SSSR count). The van der Waals surface area contributed by atoms with Crippen molar-refractivity contribution in [3.8, 4) is 0 Å². The van der Waals surface area contributed by atoms with Crippen LogP contribution in [0.4, 0.5) is 11.4 Å². The molecule has 0 aromatic heterocycles. The number of benzene rings is 2. The summed E-state index contributed by atoms with van der Waals surface area (Å²) in [4.78, 5) is 28.6. The average Bonchev–Trinajstić information content (AvgIpc) is 3.22. The van der Waals surface area contributed by atoms with Crippen LogP contribution in [-0.2, 0) is 26.0 Å². The number of amides is 2. The number of halogens is 1. The maximum Gasteiger partial charge on any atom is 0.244 e. The van der Waals surface area contributed by atoms with E-state index in [2.05, 4.69) is 15.9 Å². The molecule has 2 aromatic rings. The fourth-order valence-corrected chi connectivity index (χ4v) is 7.41. The highest BCUT2D eigenvalue weighted by Crippen LogP contribution is 2.37. The molecule has 0 saturated carbocycles. The smallest absolute Gasteiger partial charge is 0.244 e. The molecule has 0 aliphatic carbocycles. The van der Waals surface area contributed by atoms with Crippen molar-refractivity contribution in [1.29, 1.82) is 0 Å². The Kier molecular flexibility index (Phi) is 6.90. The van der Waals surface area contributed by atoms with Crippen molar-refractivity contribution in [2.75, 3.05) is 36.5 Å². The van der Waals surface area contributed by atoms with Crippen LogP contribution >= 0.6 is 15.9 Å². The quantitative estimate of drug-likeness (QED) is 0.578. The van der Waals surface area contributed by atoms with Gasteiger partial charge in [-0.05, 0) is 83.9 Å². The minimum Gasteiger partial charge on any atom is -0.315 e. The molecule has 9 heteroatoms. The second-order valence-electron chi connectivity index (χ2n) is 9.20. The fourth-order valence-electron chi connectivity index (χ4n) is 4.87. The van der Waals surface area contributed by atoms with Crippen LogP contribution in [0.25, 0.3) is 0 Å². The van der Waals surface area contributed by atoms with Crippen LogP contribution in [0.2, 0.25) is 0 Å². The van der Waals surface area contributed by atoms with Gasteiger partial charge in [0.1, 0.15) is 0 Å². The number of nitrogens with zero attached hydrogens (tertiary/aromatic N) is 3. The van der Waals surface area contributed by atoms with Gasteiger partial charge in [-0.15, -0.1) is 0 Å². The fraction of sp³-hybridized carbons (Fsp3) is 0.440. The molecule has 1 fully saturated rings. The topological polar surface area (TPSA) is 78.0 Å². The molecule has 34 heavy (non-hydrogen) atoms. The van der Waals surface area contributed by atoms with E-state index in [-0.39, 0.29) is 35.7 Å². The van der Waals surface area contributed by atoms with Gasteiger partial charge in [-0.1, -0.05) is 12.1 Å². The van der Waals surface area contributed by atoms with Gasteiger partial charge in [0.05, 0.1) is 4.90 Å². The first kappa shape index (κ1) is 24.9. The van der Waals surface area contributed by atoms with Gasteiger partial charge in [0, 0.05) is 55.4 Å². The third-order valence-corrected chi connectivity index (χ3v) is 9.74. The number of carbonyl (C=O) groups excluding carboxylic acids is 2. The molecule has 2 aliphatic rings. The van der Waals surface area contributed by atoms with Crippen LogP contribution in [-0.4, -0.2) is 51.2 Å². The number of anilines is 2. The maximum atomic E-state index is 13.5. The van der Waals surface area contributed by atoms with Crippen LogP contribution in [0.15, 0.2) is 39.7 Å². The van der Waals surface area contributed by atoms with E-state index in [9.17, 15) is 18.0 Å². The van der Waals surface area contributed by atoms with Gasteiger partial charge in [0.15, 0.2) is 0 Å². The number of rotatable bonds is 4. The molecule has 182 valence electrons. The Labute approximate surface area is 209 Å². The predicted molar refractivity (Wildman–Crippen MR) is 137 cm³/mol. The van der Waals surface area contributed by atoms with E-state index in [1.165, 1.54) is 11.2 Å². The van der Waals surface area contributed by atoms with Crippen molar-refractivity contribution in [1.82, 2.24) is 4.31 Å². The summed E-state index contributed by atoms with van der Waals surface area (Å²) in [6.07, 6.45) is 1.64. The van der Waals surface area contributed by atoms with E-state index in [0.717, 1.165) is 22.4 Å². The molecule has 2 aliphatic heterocycles. The van der Waals surface area contributed by atoms with Crippen molar-refractivity contribution in [3.63, 3.8) is 0 Å². The Hall–Kier alpha value is -2.23. The van der Waals surface area contributed by atoms with Crippen LogP contribution in [0.5, 0.6) is 0 Å². The molecular weight excluding hydrogens is 518 g/mol. The first-order chi connectivity index (χ1) is 16.0. The summed E-state index contributed by atoms with van der Waals surface area (Å²) in [5.74, 6) is -0.314. The summed E-state index contributed by atoms with van der Waals surface area (Å²) in [6.45, 7) is 6.58. The van der Waals surface area contributed by atoms with Crippen molar-refractivity contribution in [2.45, 2.75) is 44.9 Å². The second kappa shape index (κ2) is 9.43. The molecule has 2 amide bonds. The zero-order valence-electron chi connectivity index (χ0n) is 20.0. The lowest BCUT2D eigenvalue weighted by Crippen LogP contribution is -2.43. The first-order valence-electron chi connectivity index (χ1n) is 11.5. The molecule has 7 nitrogen and oxygen atoms in total. The number of hydrogen-bond acceptors (Lipinski definition) is 4. The normalized spacial score (nSPS) is 17.0. The van der Waals surface area contributed by atoms with E-state index in [1.807, 2.05) is 32.0 Å². The summed E-state index contributed by atoms with van der Waals surface area (Å²) in [5.41, 5.74) is 4.62. The summed E-state index contributed by atoms with van der Waals surface area (Å²) < 4.78 is 28.9. The number of piperidine rings is 1. The Morgan fingerprint density at radius 2 is 1.74 bits per heavy atom. The summed E-state index contributed by atoms with van der Waals surface area (Å²) in [6, 6.07) is 9.44. The largest absolute Gasteiger partial charge is 0.315 e. The Morgan fingerprint density at radius 3 is 2.38 bits per heavy atom. The Balaban J connectivity index is 1.50. The van der Waals surface area contributed by atoms with E-state index >= 15 is 0 Å². The lowest BCUT2D eigenvalue weighted by atomic mass is 9.96. The number of hydrogen-bond donors (Lipinski definition) is 0. The van der Waals surface area contributed by atoms with E-state index in [4.69, 9.17) is 0 Å². The van der Waals surface area contributed by atoms with E-state index < -0.39 is 10.0 Å². The Bertz CT molecular complexity index is 1250. The van der Waals surface area contributed by atoms with Crippen molar-refractivity contribution in [3.05, 3.63) is 51.5 Å².